The quantitative estimate of drug-likeness (QED) is 0.781. The third-order valence-electron chi connectivity index (χ3n) is 3.15. The van der Waals surface area contributed by atoms with Gasteiger partial charge in [-0.1, -0.05) is 17.3 Å². The first-order valence-corrected chi connectivity index (χ1v) is 7.70. The predicted octanol–water partition coefficient (Wildman–Crippen LogP) is 2.24. The molecule has 0 bridgehead atoms. The number of carbonyl (C=O) groups is 1. The number of nitrogens with zero attached hydrogens (tertiary/aromatic N) is 3. The first-order chi connectivity index (χ1) is 10.6. The van der Waals surface area contributed by atoms with E-state index in [-0.39, 0.29) is 5.91 Å². The van der Waals surface area contributed by atoms with Crippen molar-refractivity contribution in [3.05, 3.63) is 35.3 Å². The van der Waals surface area contributed by atoms with Crippen molar-refractivity contribution < 1.29 is 9.32 Å². The van der Waals surface area contributed by atoms with Gasteiger partial charge in [-0.15, -0.1) is 11.3 Å². The smallest absolute Gasteiger partial charge is 0.263 e. The van der Waals surface area contributed by atoms with Gasteiger partial charge < -0.3 is 14.7 Å². The summed E-state index contributed by atoms with van der Waals surface area (Å²) in [4.78, 5) is 19.0. The van der Waals surface area contributed by atoms with Crippen LogP contribution in [0.4, 0.5) is 0 Å². The number of nitrogens with one attached hydrogen (secondary N) is 1. The normalized spacial score (nSPS) is 11.2. The number of likely N-dealkylation sites (N-methyl/N-ethyl adjacent to an activating group) is 1. The molecule has 0 aliphatic carbocycles. The number of thiazole rings is 1. The van der Waals surface area contributed by atoms with Gasteiger partial charge in [-0.3, -0.25) is 4.79 Å². The molecular weight excluding hydrogens is 300 g/mol. The summed E-state index contributed by atoms with van der Waals surface area (Å²) in [6.45, 7) is 1.40. The third-order valence-corrected chi connectivity index (χ3v) is 4.16. The van der Waals surface area contributed by atoms with Crippen LogP contribution >= 0.6 is 11.3 Å². The molecule has 0 atom stereocenters. The van der Waals surface area contributed by atoms with Crippen LogP contribution in [-0.2, 0) is 0 Å². The average molecular weight is 316 g/mol. The highest BCUT2D eigenvalue weighted by Gasteiger charge is 2.16. The number of hydrogen-bond acceptors (Lipinski definition) is 6. The number of fused-ring (bicyclic) bond motifs is 1. The van der Waals surface area contributed by atoms with E-state index in [4.69, 9.17) is 4.52 Å². The van der Waals surface area contributed by atoms with Gasteiger partial charge in [0.2, 0.25) is 0 Å². The van der Waals surface area contributed by atoms with E-state index in [0.717, 1.165) is 11.9 Å². The number of carbonyl (C=O) groups excluding carboxylic acids is 1. The minimum absolute atomic E-state index is 0.113. The van der Waals surface area contributed by atoms with Crippen molar-refractivity contribution in [2.45, 2.75) is 0 Å². The fourth-order valence-electron chi connectivity index (χ4n) is 2.01. The molecule has 3 aromatic rings. The highest BCUT2D eigenvalue weighted by atomic mass is 32.1. The molecule has 114 valence electrons. The topological polar surface area (TPSA) is 71.3 Å². The Hall–Kier alpha value is -2.25. The molecule has 22 heavy (non-hydrogen) atoms. The second-order valence-corrected chi connectivity index (χ2v) is 6.15. The fourth-order valence-corrected chi connectivity index (χ4v) is 2.84. The van der Waals surface area contributed by atoms with E-state index in [9.17, 15) is 4.79 Å². The second-order valence-electron chi connectivity index (χ2n) is 5.12. The number of para-hydroxylation sites is 1. The van der Waals surface area contributed by atoms with E-state index in [1.165, 1.54) is 11.3 Å². The molecule has 6 nitrogen and oxygen atoms in total. The molecule has 2 aromatic heterocycles. The zero-order valence-electron chi connectivity index (χ0n) is 12.4. The van der Waals surface area contributed by atoms with Gasteiger partial charge in [0.15, 0.2) is 5.58 Å². The third kappa shape index (κ3) is 3.00. The van der Waals surface area contributed by atoms with E-state index in [0.29, 0.717) is 27.7 Å². The molecule has 0 radical (unpaired) electrons. The molecular formula is C15H16N4O2S. The molecule has 0 aliphatic rings. The predicted molar refractivity (Wildman–Crippen MR) is 86.0 cm³/mol. The van der Waals surface area contributed by atoms with Crippen LogP contribution in [-0.4, -0.2) is 48.1 Å². The summed E-state index contributed by atoms with van der Waals surface area (Å²) in [5.41, 5.74) is 1.39. The Labute approximate surface area is 131 Å². The van der Waals surface area contributed by atoms with Crippen molar-refractivity contribution in [1.82, 2.24) is 20.4 Å². The lowest BCUT2D eigenvalue weighted by atomic mass is 10.2. The Balaban J connectivity index is 1.77. The molecule has 0 saturated carbocycles. The summed E-state index contributed by atoms with van der Waals surface area (Å²) in [6.07, 6.45) is 1.58. The van der Waals surface area contributed by atoms with Crippen LogP contribution in [0.5, 0.6) is 0 Å². The standard InChI is InChI=1S/C15H16N4O2S/c1-19(2)8-7-16-14(20)12-9-17-15(22-12)13-10-5-3-4-6-11(10)21-18-13/h3-6,9H,7-8H2,1-2H3,(H,16,20). The molecule has 1 amide bonds. The summed E-state index contributed by atoms with van der Waals surface area (Å²) in [6, 6.07) is 7.60. The van der Waals surface area contributed by atoms with E-state index < -0.39 is 0 Å². The van der Waals surface area contributed by atoms with Gasteiger partial charge in [0, 0.05) is 13.1 Å². The summed E-state index contributed by atoms with van der Waals surface area (Å²) < 4.78 is 5.28. The van der Waals surface area contributed by atoms with Gasteiger partial charge in [0.05, 0.1) is 11.6 Å². The zero-order valence-corrected chi connectivity index (χ0v) is 13.2. The van der Waals surface area contributed by atoms with Crippen LogP contribution in [0.25, 0.3) is 21.7 Å². The van der Waals surface area contributed by atoms with Crippen LogP contribution < -0.4 is 5.32 Å². The van der Waals surface area contributed by atoms with Gasteiger partial charge in [-0.2, -0.15) is 0 Å². The molecule has 0 saturated heterocycles. The number of benzene rings is 1. The Morgan fingerprint density at radius 3 is 3.00 bits per heavy atom. The number of hydrogen-bond donors (Lipinski definition) is 1. The van der Waals surface area contributed by atoms with Crippen LogP contribution in [0.2, 0.25) is 0 Å². The first-order valence-electron chi connectivity index (χ1n) is 6.88. The fraction of sp³-hybridized carbons (Fsp3) is 0.267. The Morgan fingerprint density at radius 1 is 1.36 bits per heavy atom. The highest BCUT2D eigenvalue weighted by Crippen LogP contribution is 2.30. The molecule has 3 rings (SSSR count). The van der Waals surface area contributed by atoms with Crippen molar-refractivity contribution in [2.75, 3.05) is 27.2 Å². The maximum atomic E-state index is 12.1. The largest absolute Gasteiger partial charge is 0.356 e. The second kappa shape index (κ2) is 6.25. The van der Waals surface area contributed by atoms with Gasteiger partial charge in [0.1, 0.15) is 15.6 Å². The monoisotopic (exact) mass is 316 g/mol. The maximum absolute atomic E-state index is 12.1. The maximum Gasteiger partial charge on any atom is 0.263 e. The van der Waals surface area contributed by atoms with Crippen LogP contribution in [0.3, 0.4) is 0 Å². The molecule has 0 unspecified atom stereocenters. The summed E-state index contributed by atoms with van der Waals surface area (Å²) in [5.74, 6) is -0.113. The first kappa shape index (κ1) is 14.7. The molecule has 1 N–H and O–H groups in total. The van der Waals surface area contributed by atoms with Crippen LogP contribution in [0.1, 0.15) is 9.67 Å². The number of rotatable bonds is 5. The average Bonchev–Trinajstić information content (AvgIpc) is 3.13. The van der Waals surface area contributed by atoms with E-state index in [2.05, 4.69) is 15.5 Å². The molecule has 2 heterocycles. The van der Waals surface area contributed by atoms with Crippen molar-refractivity contribution >= 4 is 28.2 Å². The molecule has 0 spiro atoms. The number of amides is 1. The molecule has 0 fully saturated rings. The molecule has 7 heteroatoms. The van der Waals surface area contributed by atoms with Gasteiger partial charge >= 0.3 is 0 Å². The van der Waals surface area contributed by atoms with Crippen LogP contribution in [0.15, 0.2) is 35.0 Å². The lowest BCUT2D eigenvalue weighted by Gasteiger charge is -2.09. The van der Waals surface area contributed by atoms with E-state index >= 15 is 0 Å². The zero-order chi connectivity index (χ0) is 15.5. The lowest BCUT2D eigenvalue weighted by Crippen LogP contribution is -2.30. The molecule has 1 aromatic carbocycles. The van der Waals surface area contributed by atoms with Gasteiger partial charge in [-0.05, 0) is 26.2 Å². The number of aromatic nitrogens is 2. The summed E-state index contributed by atoms with van der Waals surface area (Å²) in [7, 11) is 3.93. The van der Waals surface area contributed by atoms with Gasteiger partial charge in [-0.25, -0.2) is 4.98 Å². The lowest BCUT2D eigenvalue weighted by molar-refractivity contribution is 0.0955. The minimum atomic E-state index is -0.113. The van der Waals surface area contributed by atoms with Gasteiger partial charge in [0.25, 0.3) is 5.91 Å². The van der Waals surface area contributed by atoms with E-state index in [1.807, 2.05) is 43.3 Å². The van der Waals surface area contributed by atoms with Crippen LogP contribution in [0, 0.1) is 0 Å². The van der Waals surface area contributed by atoms with Crippen molar-refractivity contribution in [3.63, 3.8) is 0 Å². The molecule has 0 aliphatic heterocycles. The Morgan fingerprint density at radius 2 is 2.18 bits per heavy atom. The minimum Gasteiger partial charge on any atom is -0.356 e. The van der Waals surface area contributed by atoms with E-state index in [1.54, 1.807) is 6.20 Å². The Kier molecular flexibility index (Phi) is 4.17. The summed E-state index contributed by atoms with van der Waals surface area (Å²) in [5, 5.41) is 8.51. The van der Waals surface area contributed by atoms with Crippen molar-refractivity contribution in [3.8, 4) is 10.7 Å². The summed E-state index contributed by atoms with van der Waals surface area (Å²) >= 11 is 1.31. The highest BCUT2D eigenvalue weighted by molar-refractivity contribution is 7.17. The Bertz CT molecular complexity index is 794. The SMILES string of the molecule is CN(C)CCNC(=O)c1cnc(-c2noc3ccccc23)s1. The van der Waals surface area contributed by atoms with Crippen molar-refractivity contribution in [2.24, 2.45) is 0 Å². The van der Waals surface area contributed by atoms with Crippen molar-refractivity contribution in [1.29, 1.82) is 0 Å².